The summed E-state index contributed by atoms with van der Waals surface area (Å²) in [5, 5.41) is 2.44. The molecule has 2 aliphatic rings. The normalized spacial score (nSPS) is 13.7. The van der Waals surface area contributed by atoms with Gasteiger partial charge in [-0.25, -0.2) is 0 Å². The average Bonchev–Trinajstić information content (AvgIpc) is 3.60. The number of nitrogens with zero attached hydrogens (tertiary/aromatic N) is 1. The summed E-state index contributed by atoms with van der Waals surface area (Å²) in [6.45, 7) is 0. The van der Waals surface area contributed by atoms with Crippen LogP contribution in [0.1, 0.15) is 46.2 Å². The zero-order chi connectivity index (χ0) is 38.5. The van der Waals surface area contributed by atoms with Crippen LogP contribution < -0.4 is 4.90 Å². The van der Waals surface area contributed by atoms with Crippen LogP contribution in [0.3, 0.4) is 0 Å². The zero-order valence-electron chi connectivity index (χ0n) is 32.5. The molecule has 2 aliphatic carbocycles. The van der Waals surface area contributed by atoms with Crippen molar-refractivity contribution in [1.82, 2.24) is 0 Å². The van der Waals surface area contributed by atoms with Gasteiger partial charge in [0.15, 0.2) is 0 Å². The first kappa shape index (κ1) is 34.3. The number of anilines is 3. The molecule has 276 valence electrons. The van der Waals surface area contributed by atoms with Crippen LogP contribution in [0, 0.1) is 0 Å². The van der Waals surface area contributed by atoms with Gasteiger partial charge in [0, 0.05) is 16.6 Å². The average molecular weight is 742 g/mol. The second-order valence-corrected chi connectivity index (χ2v) is 15.9. The Morgan fingerprint density at radius 1 is 0.362 bits per heavy atom. The molecule has 9 aromatic carbocycles. The van der Waals surface area contributed by atoms with Crippen molar-refractivity contribution in [2.45, 2.75) is 31.1 Å². The minimum absolute atomic E-state index is 0.529. The molecule has 0 N–H and O–H groups in total. The molecule has 11 rings (SSSR count). The van der Waals surface area contributed by atoms with Crippen LogP contribution in [0.5, 0.6) is 0 Å². The SMILES string of the molecule is c1ccc(-c2ccc(N(c3cc4c(cc3-c3ccc5c(c3)CCCC5)-c3ccccc3C4(c3ccccc3)c3ccccc3)c3cccc4ccccc34)cc2)cc1. The van der Waals surface area contributed by atoms with Gasteiger partial charge in [0.05, 0.1) is 16.8 Å². The second-order valence-electron chi connectivity index (χ2n) is 15.9. The monoisotopic (exact) mass is 741 g/mol. The molecule has 0 aliphatic heterocycles. The molecule has 1 heteroatoms. The van der Waals surface area contributed by atoms with E-state index in [2.05, 4.69) is 217 Å². The Balaban J connectivity index is 1.26. The molecule has 1 nitrogen and oxygen atoms in total. The molecule has 0 atom stereocenters. The van der Waals surface area contributed by atoms with E-state index in [4.69, 9.17) is 0 Å². The highest BCUT2D eigenvalue weighted by Crippen LogP contribution is 2.59. The van der Waals surface area contributed by atoms with E-state index in [1.165, 1.54) is 96.1 Å². The molecular weight excluding hydrogens is 699 g/mol. The summed E-state index contributed by atoms with van der Waals surface area (Å²) in [7, 11) is 0. The fourth-order valence-electron chi connectivity index (χ4n) is 10.0. The summed E-state index contributed by atoms with van der Waals surface area (Å²) in [5.74, 6) is 0. The Morgan fingerprint density at radius 3 is 1.72 bits per heavy atom. The third kappa shape index (κ3) is 5.53. The number of benzene rings is 9. The van der Waals surface area contributed by atoms with Crippen LogP contribution >= 0.6 is 0 Å². The molecular formula is C57H43N. The number of hydrogen-bond acceptors (Lipinski definition) is 1. The Labute approximate surface area is 341 Å². The topological polar surface area (TPSA) is 3.24 Å². The predicted molar refractivity (Wildman–Crippen MR) is 243 cm³/mol. The standard InChI is InChI=1S/C57H43N/c1-4-17-40(18-5-1)42-33-35-48(36-34-42)58(55-30-16-22-43-20-12-13-27-49(43)55)56-39-54-52(38-51(56)45-32-31-41-19-10-11-21-44(41)37-45)50-28-14-15-29-53(50)57(54,46-23-6-2-7-24-46)47-25-8-3-9-26-47/h1-9,12-18,20,22-39H,10-11,19,21H2. The van der Waals surface area contributed by atoms with Crippen LogP contribution in [0.15, 0.2) is 212 Å². The highest BCUT2D eigenvalue weighted by Gasteiger charge is 2.47. The maximum Gasteiger partial charge on any atom is 0.0714 e. The minimum atomic E-state index is -0.529. The van der Waals surface area contributed by atoms with Gasteiger partial charge >= 0.3 is 0 Å². The Kier molecular flexibility index (Phi) is 8.40. The highest BCUT2D eigenvalue weighted by atomic mass is 15.1. The van der Waals surface area contributed by atoms with Crippen LogP contribution in [0.25, 0.3) is 44.2 Å². The molecule has 0 saturated carbocycles. The van der Waals surface area contributed by atoms with Gasteiger partial charge < -0.3 is 4.90 Å². The number of hydrogen-bond donors (Lipinski definition) is 0. The Bertz CT molecular complexity index is 2880. The number of rotatable bonds is 7. The molecule has 0 radical (unpaired) electrons. The van der Waals surface area contributed by atoms with Gasteiger partial charge in [0.25, 0.3) is 0 Å². The molecule has 9 aromatic rings. The first-order valence-corrected chi connectivity index (χ1v) is 20.7. The molecule has 0 spiro atoms. The first-order chi connectivity index (χ1) is 28.8. The molecule has 0 fully saturated rings. The van der Waals surface area contributed by atoms with Crippen LogP contribution in [0.2, 0.25) is 0 Å². The van der Waals surface area contributed by atoms with Crippen molar-refractivity contribution in [3.05, 3.63) is 246 Å². The molecule has 58 heavy (non-hydrogen) atoms. The molecule has 0 amide bonds. The van der Waals surface area contributed by atoms with E-state index < -0.39 is 5.41 Å². The minimum Gasteiger partial charge on any atom is -0.309 e. The van der Waals surface area contributed by atoms with Gasteiger partial charge in [-0.05, 0) is 123 Å². The van der Waals surface area contributed by atoms with Gasteiger partial charge in [-0.1, -0.05) is 182 Å². The van der Waals surface area contributed by atoms with E-state index in [0.29, 0.717) is 0 Å². The van der Waals surface area contributed by atoms with Crippen molar-refractivity contribution in [2.75, 3.05) is 4.90 Å². The third-order valence-electron chi connectivity index (χ3n) is 12.7. The fourth-order valence-corrected chi connectivity index (χ4v) is 10.0. The van der Waals surface area contributed by atoms with E-state index in [-0.39, 0.29) is 0 Å². The lowest BCUT2D eigenvalue weighted by atomic mass is 9.67. The largest absolute Gasteiger partial charge is 0.309 e. The molecule has 0 heterocycles. The van der Waals surface area contributed by atoms with Crippen LogP contribution in [-0.2, 0) is 18.3 Å². The first-order valence-electron chi connectivity index (χ1n) is 20.7. The number of aryl methyl sites for hydroxylation is 2. The summed E-state index contributed by atoms with van der Waals surface area (Å²) in [5.41, 5.74) is 18.6. The maximum absolute atomic E-state index is 2.55. The summed E-state index contributed by atoms with van der Waals surface area (Å²) >= 11 is 0. The molecule has 0 unspecified atom stereocenters. The van der Waals surface area contributed by atoms with Crippen molar-refractivity contribution in [1.29, 1.82) is 0 Å². The van der Waals surface area contributed by atoms with Crippen LogP contribution in [0.4, 0.5) is 17.1 Å². The lowest BCUT2D eigenvalue weighted by Gasteiger charge is -2.36. The van der Waals surface area contributed by atoms with Gasteiger partial charge in [0.1, 0.15) is 0 Å². The van der Waals surface area contributed by atoms with Crippen molar-refractivity contribution in [3.63, 3.8) is 0 Å². The van der Waals surface area contributed by atoms with Crippen molar-refractivity contribution < 1.29 is 0 Å². The third-order valence-corrected chi connectivity index (χ3v) is 12.7. The van der Waals surface area contributed by atoms with E-state index in [9.17, 15) is 0 Å². The van der Waals surface area contributed by atoms with Crippen LogP contribution in [-0.4, -0.2) is 0 Å². The van der Waals surface area contributed by atoms with Gasteiger partial charge in [-0.3, -0.25) is 0 Å². The molecule has 0 aromatic heterocycles. The van der Waals surface area contributed by atoms with E-state index in [0.717, 1.165) is 24.2 Å². The van der Waals surface area contributed by atoms with Gasteiger partial charge in [0.2, 0.25) is 0 Å². The predicted octanol–water partition coefficient (Wildman–Crippen LogP) is 14.9. The summed E-state index contributed by atoms with van der Waals surface area (Å²) in [6, 6.07) is 79.3. The van der Waals surface area contributed by atoms with E-state index in [1.807, 2.05) is 0 Å². The van der Waals surface area contributed by atoms with Gasteiger partial charge in [-0.15, -0.1) is 0 Å². The maximum atomic E-state index is 2.55. The van der Waals surface area contributed by atoms with Gasteiger partial charge in [-0.2, -0.15) is 0 Å². The van der Waals surface area contributed by atoms with Crippen molar-refractivity contribution in [3.8, 4) is 33.4 Å². The summed E-state index contributed by atoms with van der Waals surface area (Å²) in [4.78, 5) is 2.54. The van der Waals surface area contributed by atoms with Crippen molar-refractivity contribution in [2.24, 2.45) is 0 Å². The number of fused-ring (bicyclic) bond motifs is 5. The molecule has 0 saturated heterocycles. The fraction of sp³-hybridized carbons (Fsp3) is 0.0877. The van der Waals surface area contributed by atoms with Crippen molar-refractivity contribution >= 4 is 27.8 Å². The lowest BCUT2D eigenvalue weighted by Crippen LogP contribution is -2.28. The van der Waals surface area contributed by atoms with E-state index in [1.54, 1.807) is 0 Å². The Morgan fingerprint density at radius 2 is 0.966 bits per heavy atom. The lowest BCUT2D eigenvalue weighted by molar-refractivity contribution is 0.686. The second kappa shape index (κ2) is 14.2. The zero-order valence-corrected chi connectivity index (χ0v) is 32.5. The van der Waals surface area contributed by atoms with E-state index >= 15 is 0 Å². The summed E-state index contributed by atoms with van der Waals surface area (Å²) in [6.07, 6.45) is 4.80. The Hall–Kier alpha value is -6.96. The summed E-state index contributed by atoms with van der Waals surface area (Å²) < 4.78 is 0. The quantitative estimate of drug-likeness (QED) is 0.157. The molecule has 0 bridgehead atoms. The highest BCUT2D eigenvalue weighted by molar-refractivity contribution is 6.03. The smallest absolute Gasteiger partial charge is 0.0714 e.